The van der Waals surface area contributed by atoms with Crippen molar-refractivity contribution in [2.24, 2.45) is 0 Å². The van der Waals surface area contributed by atoms with Crippen molar-refractivity contribution in [1.29, 1.82) is 0 Å². The first-order valence-electron chi connectivity index (χ1n) is 8.75. The van der Waals surface area contributed by atoms with Crippen molar-refractivity contribution in [3.05, 3.63) is 28.2 Å². The minimum atomic E-state index is -3.70. The van der Waals surface area contributed by atoms with Gasteiger partial charge in [0.25, 0.3) is 0 Å². The fourth-order valence-corrected chi connectivity index (χ4v) is 5.08. The molecule has 0 spiro atoms. The lowest BCUT2D eigenvalue weighted by Crippen LogP contribution is -2.51. The lowest BCUT2D eigenvalue weighted by molar-refractivity contribution is -0.123. The molecular weight excluding hydrogens is 397 g/mol. The molecule has 1 fully saturated rings. The Balaban J connectivity index is 1.95. The molecule has 0 radical (unpaired) electrons. The molecule has 6 nitrogen and oxygen atoms in total. The Morgan fingerprint density at radius 1 is 1.15 bits per heavy atom. The van der Waals surface area contributed by atoms with Gasteiger partial charge in [0, 0.05) is 32.2 Å². The molecule has 0 atom stereocenters. The van der Waals surface area contributed by atoms with Gasteiger partial charge in [-0.3, -0.25) is 9.69 Å². The first kappa shape index (κ1) is 21.4. The van der Waals surface area contributed by atoms with Gasteiger partial charge in [0.15, 0.2) is 0 Å². The Kier molecular flexibility index (Phi) is 7.73. The van der Waals surface area contributed by atoms with E-state index in [1.165, 1.54) is 10.4 Å². The SMILES string of the molecule is CCC(CC)NC(=O)CN1CCN(S(=O)(=O)c2cccc(Cl)c2Cl)CC1. The van der Waals surface area contributed by atoms with Crippen molar-refractivity contribution in [3.8, 4) is 0 Å². The highest BCUT2D eigenvalue weighted by Crippen LogP contribution is 2.31. The zero-order chi connectivity index (χ0) is 19.3. The van der Waals surface area contributed by atoms with Crippen molar-refractivity contribution in [3.63, 3.8) is 0 Å². The number of hydrogen-bond donors (Lipinski definition) is 1. The lowest BCUT2D eigenvalue weighted by atomic mass is 10.2. The second-order valence-corrected chi connectivity index (χ2v) is 9.00. The van der Waals surface area contributed by atoms with Crippen LogP contribution in [0.2, 0.25) is 10.0 Å². The number of carbonyl (C=O) groups is 1. The summed E-state index contributed by atoms with van der Waals surface area (Å²) in [7, 11) is -3.70. The summed E-state index contributed by atoms with van der Waals surface area (Å²) in [5, 5.41) is 3.26. The molecule has 0 saturated carbocycles. The molecule has 146 valence electrons. The lowest BCUT2D eigenvalue weighted by Gasteiger charge is -2.34. The number of nitrogens with one attached hydrogen (secondary N) is 1. The minimum absolute atomic E-state index is 0.0200. The predicted octanol–water partition coefficient (Wildman–Crippen LogP) is 2.60. The Bertz CT molecular complexity index is 731. The maximum absolute atomic E-state index is 12.8. The Labute approximate surface area is 165 Å². The van der Waals surface area contributed by atoms with Crippen LogP contribution < -0.4 is 5.32 Å². The van der Waals surface area contributed by atoms with Crippen molar-refractivity contribution in [2.75, 3.05) is 32.7 Å². The molecule has 0 aliphatic carbocycles. The molecule has 26 heavy (non-hydrogen) atoms. The number of rotatable bonds is 7. The van der Waals surface area contributed by atoms with Crippen LogP contribution in [0.3, 0.4) is 0 Å². The average molecular weight is 422 g/mol. The number of sulfonamides is 1. The van der Waals surface area contributed by atoms with Crippen LogP contribution in [0.4, 0.5) is 0 Å². The van der Waals surface area contributed by atoms with Crippen LogP contribution in [-0.4, -0.2) is 62.3 Å². The number of amides is 1. The Morgan fingerprint density at radius 2 is 1.77 bits per heavy atom. The van der Waals surface area contributed by atoms with E-state index in [0.717, 1.165) is 12.8 Å². The van der Waals surface area contributed by atoms with Gasteiger partial charge >= 0.3 is 0 Å². The smallest absolute Gasteiger partial charge is 0.244 e. The van der Waals surface area contributed by atoms with Crippen LogP contribution >= 0.6 is 23.2 Å². The van der Waals surface area contributed by atoms with E-state index in [-0.39, 0.29) is 33.4 Å². The number of hydrogen-bond acceptors (Lipinski definition) is 4. The number of piperazine rings is 1. The molecule has 0 unspecified atom stereocenters. The van der Waals surface area contributed by atoms with E-state index in [9.17, 15) is 13.2 Å². The summed E-state index contributed by atoms with van der Waals surface area (Å²) in [6, 6.07) is 4.77. The van der Waals surface area contributed by atoms with E-state index in [1.54, 1.807) is 12.1 Å². The van der Waals surface area contributed by atoms with Gasteiger partial charge < -0.3 is 5.32 Å². The molecular formula is C17H25Cl2N3O3S. The Morgan fingerprint density at radius 3 is 2.35 bits per heavy atom. The highest BCUT2D eigenvalue weighted by Gasteiger charge is 2.31. The fraction of sp³-hybridized carbons (Fsp3) is 0.588. The van der Waals surface area contributed by atoms with Gasteiger partial charge in [0.05, 0.1) is 16.6 Å². The quantitative estimate of drug-likeness (QED) is 0.734. The topological polar surface area (TPSA) is 69.7 Å². The molecule has 1 aliphatic heterocycles. The van der Waals surface area contributed by atoms with Gasteiger partial charge in [-0.15, -0.1) is 0 Å². The summed E-state index contributed by atoms with van der Waals surface area (Å²) in [6.45, 7) is 5.97. The highest BCUT2D eigenvalue weighted by atomic mass is 35.5. The molecule has 1 N–H and O–H groups in total. The van der Waals surface area contributed by atoms with Crippen LogP contribution in [0.1, 0.15) is 26.7 Å². The van der Waals surface area contributed by atoms with Crippen molar-refractivity contribution >= 4 is 39.1 Å². The average Bonchev–Trinajstić information content (AvgIpc) is 2.62. The normalized spacial score (nSPS) is 16.8. The van der Waals surface area contributed by atoms with Gasteiger partial charge in [0.2, 0.25) is 15.9 Å². The van der Waals surface area contributed by atoms with E-state index in [1.807, 2.05) is 18.7 Å². The van der Waals surface area contributed by atoms with E-state index >= 15 is 0 Å². The summed E-state index contributed by atoms with van der Waals surface area (Å²) in [6.07, 6.45) is 1.79. The summed E-state index contributed by atoms with van der Waals surface area (Å²) in [5.41, 5.74) is 0. The molecule has 1 aliphatic rings. The number of benzene rings is 1. The number of nitrogens with zero attached hydrogens (tertiary/aromatic N) is 2. The highest BCUT2D eigenvalue weighted by molar-refractivity contribution is 7.89. The molecule has 2 rings (SSSR count). The van der Waals surface area contributed by atoms with E-state index < -0.39 is 10.0 Å². The maximum atomic E-state index is 12.8. The molecule has 1 aromatic carbocycles. The van der Waals surface area contributed by atoms with Crippen molar-refractivity contribution in [1.82, 2.24) is 14.5 Å². The first-order valence-corrected chi connectivity index (χ1v) is 10.9. The van der Waals surface area contributed by atoms with Crippen LogP contribution in [0.5, 0.6) is 0 Å². The fourth-order valence-electron chi connectivity index (χ4n) is 2.92. The van der Waals surface area contributed by atoms with Gasteiger partial charge in [-0.05, 0) is 25.0 Å². The van der Waals surface area contributed by atoms with Crippen LogP contribution in [0.25, 0.3) is 0 Å². The van der Waals surface area contributed by atoms with Gasteiger partial charge in [-0.25, -0.2) is 8.42 Å². The van der Waals surface area contributed by atoms with Crippen LogP contribution in [0.15, 0.2) is 23.1 Å². The third-order valence-corrected chi connectivity index (χ3v) is 7.46. The van der Waals surface area contributed by atoms with E-state index in [2.05, 4.69) is 5.32 Å². The van der Waals surface area contributed by atoms with E-state index in [0.29, 0.717) is 26.2 Å². The van der Waals surface area contributed by atoms with Crippen LogP contribution in [-0.2, 0) is 14.8 Å². The number of carbonyl (C=O) groups excluding carboxylic acids is 1. The summed E-state index contributed by atoms with van der Waals surface area (Å²) < 4.78 is 27.0. The molecule has 1 saturated heterocycles. The first-order chi connectivity index (χ1) is 12.3. The van der Waals surface area contributed by atoms with E-state index in [4.69, 9.17) is 23.2 Å². The monoisotopic (exact) mass is 421 g/mol. The minimum Gasteiger partial charge on any atom is -0.352 e. The van der Waals surface area contributed by atoms with Gasteiger partial charge in [0.1, 0.15) is 4.90 Å². The predicted molar refractivity (Wildman–Crippen MR) is 104 cm³/mol. The molecule has 1 aromatic rings. The number of halogens is 2. The van der Waals surface area contributed by atoms with Gasteiger partial charge in [-0.1, -0.05) is 43.1 Å². The third-order valence-electron chi connectivity index (χ3n) is 4.58. The zero-order valence-corrected chi connectivity index (χ0v) is 17.4. The largest absolute Gasteiger partial charge is 0.352 e. The standard InChI is InChI=1S/C17H25Cl2N3O3S/c1-3-13(4-2)20-16(23)12-21-8-10-22(11-9-21)26(24,25)15-7-5-6-14(18)17(15)19/h5-7,13H,3-4,8-12H2,1-2H3,(H,20,23). The van der Waals surface area contributed by atoms with Gasteiger partial charge in [-0.2, -0.15) is 4.31 Å². The summed E-state index contributed by atoms with van der Waals surface area (Å²) >= 11 is 12.0. The molecule has 9 heteroatoms. The molecule has 1 amide bonds. The Hall–Kier alpha value is -0.860. The molecule has 0 bridgehead atoms. The van der Waals surface area contributed by atoms with Crippen molar-refractivity contribution < 1.29 is 13.2 Å². The zero-order valence-electron chi connectivity index (χ0n) is 15.0. The third kappa shape index (κ3) is 5.10. The summed E-state index contributed by atoms with van der Waals surface area (Å²) in [5.74, 6) is -0.0205. The molecule has 1 heterocycles. The van der Waals surface area contributed by atoms with Crippen LogP contribution in [0, 0.1) is 0 Å². The summed E-state index contributed by atoms with van der Waals surface area (Å²) in [4.78, 5) is 14.1. The molecule has 0 aromatic heterocycles. The van der Waals surface area contributed by atoms with Crippen molar-refractivity contribution in [2.45, 2.75) is 37.6 Å². The second kappa shape index (κ2) is 9.37. The maximum Gasteiger partial charge on any atom is 0.244 e. The second-order valence-electron chi connectivity index (χ2n) is 6.31.